The fraction of sp³-hybridized carbons (Fsp3) is 0.133. The third-order valence-electron chi connectivity index (χ3n) is 2.67. The Morgan fingerprint density at radius 1 is 1.10 bits per heavy atom. The molecule has 0 aliphatic heterocycles. The van der Waals surface area contributed by atoms with Gasteiger partial charge >= 0.3 is 6.61 Å². The fourth-order valence-electron chi connectivity index (χ4n) is 1.80. The second-order valence-electron chi connectivity index (χ2n) is 3.94. The van der Waals surface area contributed by atoms with Crippen LogP contribution in [0.5, 0.6) is 11.5 Å². The van der Waals surface area contributed by atoms with Crippen molar-refractivity contribution in [3.63, 3.8) is 0 Å². The highest BCUT2D eigenvalue weighted by Gasteiger charge is 2.15. The van der Waals surface area contributed by atoms with Crippen molar-refractivity contribution < 1.29 is 23.0 Å². The van der Waals surface area contributed by atoms with Gasteiger partial charge in [-0.25, -0.2) is 0 Å². The average Bonchev–Trinajstić information content (AvgIpc) is 2.46. The summed E-state index contributed by atoms with van der Waals surface area (Å²) < 4.78 is 33.7. The van der Waals surface area contributed by atoms with Crippen LogP contribution in [0.1, 0.15) is 15.9 Å². The second-order valence-corrected chi connectivity index (χ2v) is 3.94. The molecule has 104 valence electrons. The second kappa shape index (κ2) is 6.14. The molecule has 0 aliphatic rings. The molecule has 0 spiro atoms. The molecule has 0 bridgehead atoms. The van der Waals surface area contributed by atoms with Crippen molar-refractivity contribution in [1.82, 2.24) is 0 Å². The molecule has 0 N–H and O–H groups in total. The Kier molecular flexibility index (Phi) is 4.30. The summed E-state index contributed by atoms with van der Waals surface area (Å²) in [6.07, 6.45) is 0. The average molecular weight is 278 g/mol. The molecule has 0 radical (unpaired) electrons. The SMILES string of the molecule is COc1ccccc1C(=O)c1cccc(OC(F)F)c1. The van der Waals surface area contributed by atoms with Gasteiger partial charge in [0.25, 0.3) is 0 Å². The minimum absolute atomic E-state index is 0.0549. The number of ether oxygens (including phenoxy) is 2. The van der Waals surface area contributed by atoms with Gasteiger partial charge in [-0.15, -0.1) is 0 Å². The number of rotatable bonds is 5. The number of para-hydroxylation sites is 1. The molecule has 0 atom stereocenters. The Labute approximate surface area is 114 Å². The van der Waals surface area contributed by atoms with Crippen molar-refractivity contribution in [3.8, 4) is 11.5 Å². The Morgan fingerprint density at radius 2 is 1.85 bits per heavy atom. The molecule has 0 amide bonds. The van der Waals surface area contributed by atoms with E-state index < -0.39 is 6.61 Å². The maximum absolute atomic E-state index is 12.3. The number of methoxy groups -OCH3 is 1. The highest BCUT2D eigenvalue weighted by molar-refractivity contribution is 6.10. The molecule has 0 saturated heterocycles. The van der Waals surface area contributed by atoms with E-state index in [1.54, 1.807) is 24.3 Å². The van der Waals surface area contributed by atoms with Gasteiger partial charge < -0.3 is 9.47 Å². The summed E-state index contributed by atoms with van der Waals surface area (Å²) >= 11 is 0. The molecule has 2 rings (SSSR count). The largest absolute Gasteiger partial charge is 0.496 e. The number of ketones is 1. The lowest BCUT2D eigenvalue weighted by Crippen LogP contribution is -2.06. The molecule has 0 heterocycles. The summed E-state index contributed by atoms with van der Waals surface area (Å²) in [6, 6.07) is 12.4. The van der Waals surface area contributed by atoms with Crippen molar-refractivity contribution in [2.45, 2.75) is 6.61 Å². The summed E-state index contributed by atoms with van der Waals surface area (Å²) in [4.78, 5) is 12.3. The predicted molar refractivity (Wildman–Crippen MR) is 69.5 cm³/mol. The third kappa shape index (κ3) is 3.12. The molecule has 0 unspecified atom stereocenters. The van der Waals surface area contributed by atoms with Crippen LogP contribution in [0.4, 0.5) is 8.78 Å². The van der Waals surface area contributed by atoms with Crippen molar-refractivity contribution in [2.24, 2.45) is 0 Å². The van der Waals surface area contributed by atoms with Crippen LogP contribution in [0.15, 0.2) is 48.5 Å². The van der Waals surface area contributed by atoms with E-state index in [4.69, 9.17) is 4.74 Å². The van der Waals surface area contributed by atoms with Crippen molar-refractivity contribution in [1.29, 1.82) is 0 Å². The van der Waals surface area contributed by atoms with Gasteiger partial charge in [0.15, 0.2) is 5.78 Å². The standard InChI is InChI=1S/C15H12F2O3/c1-19-13-8-3-2-7-12(13)14(18)10-5-4-6-11(9-10)20-15(16)17/h2-9,15H,1H3. The van der Waals surface area contributed by atoms with Crippen LogP contribution in [0.25, 0.3) is 0 Å². The monoisotopic (exact) mass is 278 g/mol. The van der Waals surface area contributed by atoms with Crippen molar-refractivity contribution in [2.75, 3.05) is 7.11 Å². The predicted octanol–water partition coefficient (Wildman–Crippen LogP) is 3.53. The first-order valence-corrected chi connectivity index (χ1v) is 5.84. The van der Waals surface area contributed by atoms with Crippen LogP contribution in [0.2, 0.25) is 0 Å². The van der Waals surface area contributed by atoms with Gasteiger partial charge in [0.05, 0.1) is 12.7 Å². The topological polar surface area (TPSA) is 35.5 Å². The summed E-state index contributed by atoms with van der Waals surface area (Å²) in [5.74, 6) is 0.0561. The van der Waals surface area contributed by atoms with E-state index in [2.05, 4.69) is 4.74 Å². The maximum Gasteiger partial charge on any atom is 0.387 e. The number of benzene rings is 2. The maximum atomic E-state index is 12.3. The summed E-state index contributed by atoms with van der Waals surface area (Å²) in [6.45, 7) is -2.92. The molecule has 2 aromatic carbocycles. The minimum atomic E-state index is -2.92. The first kappa shape index (κ1) is 14.0. The highest BCUT2D eigenvalue weighted by Crippen LogP contribution is 2.23. The Balaban J connectivity index is 2.33. The van der Waals surface area contributed by atoms with E-state index in [9.17, 15) is 13.6 Å². The zero-order valence-electron chi connectivity index (χ0n) is 10.7. The van der Waals surface area contributed by atoms with Gasteiger partial charge in [-0.05, 0) is 24.3 Å². The van der Waals surface area contributed by atoms with Crippen LogP contribution < -0.4 is 9.47 Å². The zero-order valence-corrected chi connectivity index (χ0v) is 10.7. The Hall–Kier alpha value is -2.43. The van der Waals surface area contributed by atoms with Crippen molar-refractivity contribution >= 4 is 5.78 Å². The van der Waals surface area contributed by atoms with E-state index in [0.717, 1.165) is 0 Å². The molecular formula is C15H12F2O3. The van der Waals surface area contributed by atoms with E-state index in [-0.39, 0.29) is 17.1 Å². The molecule has 3 nitrogen and oxygen atoms in total. The lowest BCUT2D eigenvalue weighted by Gasteiger charge is -2.09. The summed E-state index contributed by atoms with van der Waals surface area (Å²) in [5, 5.41) is 0. The first-order chi connectivity index (χ1) is 9.61. The lowest BCUT2D eigenvalue weighted by molar-refractivity contribution is -0.0498. The molecule has 0 aliphatic carbocycles. The molecule has 0 fully saturated rings. The Morgan fingerprint density at radius 3 is 2.55 bits per heavy atom. The number of hydrogen-bond donors (Lipinski definition) is 0. The molecular weight excluding hydrogens is 266 g/mol. The summed E-state index contributed by atoms with van der Waals surface area (Å²) in [7, 11) is 1.46. The van der Waals surface area contributed by atoms with Crippen LogP contribution in [0, 0.1) is 0 Å². The molecule has 20 heavy (non-hydrogen) atoms. The fourth-order valence-corrected chi connectivity index (χ4v) is 1.80. The van der Waals surface area contributed by atoms with Gasteiger partial charge in [0, 0.05) is 5.56 Å². The molecule has 0 saturated carbocycles. The number of alkyl halides is 2. The van der Waals surface area contributed by atoms with Crippen molar-refractivity contribution in [3.05, 3.63) is 59.7 Å². The summed E-state index contributed by atoms with van der Waals surface area (Å²) in [5.41, 5.74) is 0.622. The highest BCUT2D eigenvalue weighted by atomic mass is 19.3. The normalized spacial score (nSPS) is 10.4. The third-order valence-corrected chi connectivity index (χ3v) is 2.67. The van der Waals surface area contributed by atoms with Gasteiger partial charge in [-0.1, -0.05) is 24.3 Å². The van der Waals surface area contributed by atoms with Crippen LogP contribution in [-0.4, -0.2) is 19.5 Å². The number of carbonyl (C=O) groups excluding carboxylic acids is 1. The van der Waals surface area contributed by atoms with E-state index >= 15 is 0 Å². The Bertz CT molecular complexity index is 612. The van der Waals surface area contributed by atoms with Gasteiger partial charge in [-0.3, -0.25) is 4.79 Å². The first-order valence-electron chi connectivity index (χ1n) is 5.84. The zero-order chi connectivity index (χ0) is 14.5. The van der Waals surface area contributed by atoms with E-state index in [1.807, 2.05) is 0 Å². The molecule has 0 aromatic heterocycles. The molecule has 5 heteroatoms. The number of halogens is 2. The minimum Gasteiger partial charge on any atom is -0.496 e. The smallest absolute Gasteiger partial charge is 0.387 e. The van der Waals surface area contributed by atoms with E-state index in [0.29, 0.717) is 11.3 Å². The lowest BCUT2D eigenvalue weighted by atomic mass is 10.0. The van der Waals surface area contributed by atoms with Crippen LogP contribution >= 0.6 is 0 Å². The number of hydrogen-bond acceptors (Lipinski definition) is 3. The van der Waals surface area contributed by atoms with E-state index in [1.165, 1.54) is 31.4 Å². The number of carbonyl (C=O) groups is 1. The van der Waals surface area contributed by atoms with Gasteiger partial charge in [-0.2, -0.15) is 8.78 Å². The van der Waals surface area contributed by atoms with Crippen LogP contribution in [-0.2, 0) is 0 Å². The quantitative estimate of drug-likeness (QED) is 0.785. The molecule has 2 aromatic rings. The van der Waals surface area contributed by atoms with Crippen LogP contribution in [0.3, 0.4) is 0 Å². The van der Waals surface area contributed by atoms with Gasteiger partial charge in [0.1, 0.15) is 11.5 Å². The van der Waals surface area contributed by atoms with Gasteiger partial charge in [0.2, 0.25) is 0 Å².